The molecule has 5 unspecified atom stereocenters. The van der Waals surface area contributed by atoms with Crippen molar-refractivity contribution in [3.63, 3.8) is 0 Å². The van der Waals surface area contributed by atoms with Gasteiger partial charge in [-0.15, -0.1) is 6.58 Å². The average molecular weight is 433 g/mol. The van der Waals surface area contributed by atoms with Gasteiger partial charge in [0.2, 0.25) is 0 Å². The number of fused-ring (bicyclic) bond motifs is 5. The molecule has 32 heavy (non-hydrogen) atoms. The minimum absolute atomic E-state index is 0.488. The summed E-state index contributed by atoms with van der Waals surface area (Å²) in [6, 6.07) is 0. The van der Waals surface area contributed by atoms with Crippen LogP contribution < -0.4 is 0 Å². The summed E-state index contributed by atoms with van der Waals surface area (Å²) in [6.45, 7) is 21.4. The van der Waals surface area contributed by atoms with Gasteiger partial charge in [0.1, 0.15) is 0 Å². The van der Waals surface area contributed by atoms with E-state index in [2.05, 4.69) is 72.1 Å². The topological polar surface area (TPSA) is 0 Å². The van der Waals surface area contributed by atoms with Crippen molar-refractivity contribution in [2.45, 2.75) is 99.3 Å². The maximum Gasteiger partial charge on any atom is -0.00790 e. The van der Waals surface area contributed by atoms with Gasteiger partial charge in [-0.2, -0.15) is 0 Å². The first-order valence-electron chi connectivity index (χ1n) is 13.1. The Morgan fingerprint density at radius 3 is 2.31 bits per heavy atom. The highest BCUT2D eigenvalue weighted by atomic mass is 14.6. The van der Waals surface area contributed by atoms with Crippen LogP contribution in [0, 0.1) is 28.6 Å². The quantitative estimate of drug-likeness (QED) is 0.334. The standard InChI is InChI=1S/C21H30.C8H12.C3H6/c1-14-9-11-21(4)16(13-14)6-7-17-18-8-5-15(2)20(18,3)12-10-19(17)21;1-7-5-3-4-6-8(7)2;1-3-2/h5,13,17-19H,1,6-12H2,2-4H3;3,5H,4,6H2,1-2H3;3H,1H2,2H3. The van der Waals surface area contributed by atoms with E-state index in [1.807, 2.05) is 6.92 Å². The van der Waals surface area contributed by atoms with Gasteiger partial charge in [0.15, 0.2) is 0 Å². The van der Waals surface area contributed by atoms with E-state index in [0.29, 0.717) is 10.8 Å². The van der Waals surface area contributed by atoms with Gasteiger partial charge >= 0.3 is 0 Å². The second kappa shape index (κ2) is 10.1. The largest absolute Gasteiger partial charge is 0.103 e. The number of hydrogen-bond donors (Lipinski definition) is 0. The number of hydrogen-bond acceptors (Lipinski definition) is 0. The second-order valence-corrected chi connectivity index (χ2v) is 11.6. The van der Waals surface area contributed by atoms with Crippen molar-refractivity contribution in [3.05, 3.63) is 71.4 Å². The Bertz CT molecular complexity index is 843. The minimum atomic E-state index is 0.488. The van der Waals surface area contributed by atoms with Crippen LogP contribution in [0.5, 0.6) is 0 Å². The van der Waals surface area contributed by atoms with Gasteiger partial charge < -0.3 is 0 Å². The zero-order valence-electron chi connectivity index (χ0n) is 21.9. The number of allylic oxidation sites excluding steroid dienone is 10. The van der Waals surface area contributed by atoms with Crippen LogP contribution in [-0.4, -0.2) is 0 Å². The summed E-state index contributed by atoms with van der Waals surface area (Å²) in [5, 5.41) is 0. The third-order valence-corrected chi connectivity index (χ3v) is 9.78. The first kappa shape index (κ1) is 25.1. The average Bonchev–Trinajstić information content (AvgIpc) is 3.07. The molecule has 2 saturated carbocycles. The molecule has 176 valence electrons. The Morgan fingerprint density at radius 1 is 0.969 bits per heavy atom. The lowest BCUT2D eigenvalue weighted by molar-refractivity contribution is -0.0267. The highest BCUT2D eigenvalue weighted by Crippen LogP contribution is 2.65. The summed E-state index contributed by atoms with van der Waals surface area (Å²) in [5.41, 5.74) is 8.82. The maximum absolute atomic E-state index is 4.23. The summed E-state index contributed by atoms with van der Waals surface area (Å²) in [5.74, 6) is 2.83. The minimum Gasteiger partial charge on any atom is -0.103 e. The smallest absolute Gasteiger partial charge is 0.00790 e. The Hall–Kier alpha value is -1.56. The molecule has 5 rings (SSSR count). The lowest BCUT2D eigenvalue weighted by Crippen LogP contribution is -2.49. The van der Waals surface area contributed by atoms with Crippen molar-refractivity contribution < 1.29 is 0 Å². The monoisotopic (exact) mass is 432 g/mol. The summed E-state index contributed by atoms with van der Waals surface area (Å²) in [6.07, 6.45) is 23.3. The fourth-order valence-corrected chi connectivity index (χ4v) is 7.33. The predicted molar refractivity (Wildman–Crippen MR) is 143 cm³/mol. The Balaban J connectivity index is 0.000000220. The van der Waals surface area contributed by atoms with Crippen LogP contribution in [-0.2, 0) is 0 Å². The molecule has 0 heteroatoms. The predicted octanol–water partition coefficient (Wildman–Crippen LogP) is 9.93. The molecule has 0 bridgehead atoms. The first-order chi connectivity index (χ1) is 15.2. The van der Waals surface area contributed by atoms with Crippen molar-refractivity contribution in [2.75, 3.05) is 0 Å². The molecule has 0 aromatic heterocycles. The molecule has 5 atom stereocenters. The second-order valence-electron chi connectivity index (χ2n) is 11.6. The molecule has 0 N–H and O–H groups in total. The van der Waals surface area contributed by atoms with Crippen molar-refractivity contribution in [1.29, 1.82) is 0 Å². The maximum atomic E-state index is 4.23. The lowest BCUT2D eigenvalue weighted by atomic mass is 9.47. The molecule has 0 radical (unpaired) electrons. The molecular formula is C32H48. The molecule has 5 aliphatic carbocycles. The summed E-state index contributed by atoms with van der Waals surface area (Å²) in [7, 11) is 0. The molecule has 0 amide bonds. The summed E-state index contributed by atoms with van der Waals surface area (Å²) < 4.78 is 0. The van der Waals surface area contributed by atoms with Gasteiger partial charge in [-0.05, 0) is 114 Å². The third kappa shape index (κ3) is 4.71. The van der Waals surface area contributed by atoms with Crippen LogP contribution >= 0.6 is 0 Å². The fraction of sp³-hybridized carbons (Fsp3) is 0.625. The first-order valence-corrected chi connectivity index (χ1v) is 13.1. The Kier molecular flexibility index (Phi) is 7.95. The van der Waals surface area contributed by atoms with Crippen molar-refractivity contribution in [3.8, 4) is 0 Å². The molecule has 5 aliphatic rings. The van der Waals surface area contributed by atoms with E-state index in [1.165, 1.54) is 68.9 Å². The molecule has 0 saturated heterocycles. The van der Waals surface area contributed by atoms with Crippen molar-refractivity contribution >= 4 is 0 Å². The van der Waals surface area contributed by atoms with E-state index in [0.717, 1.165) is 17.8 Å². The van der Waals surface area contributed by atoms with Gasteiger partial charge in [0.05, 0.1) is 0 Å². The van der Waals surface area contributed by atoms with E-state index in [-0.39, 0.29) is 0 Å². The normalized spacial score (nSPS) is 37.4. The van der Waals surface area contributed by atoms with E-state index < -0.39 is 0 Å². The number of rotatable bonds is 0. The highest BCUT2D eigenvalue weighted by molar-refractivity contribution is 5.34. The summed E-state index contributed by atoms with van der Waals surface area (Å²) >= 11 is 0. The molecule has 0 aromatic carbocycles. The van der Waals surface area contributed by atoms with E-state index in [9.17, 15) is 0 Å². The Labute approximate surface area is 199 Å². The zero-order chi connectivity index (χ0) is 23.5. The molecule has 2 fully saturated rings. The van der Waals surface area contributed by atoms with Gasteiger partial charge in [-0.3, -0.25) is 0 Å². The molecule has 0 heterocycles. The Morgan fingerprint density at radius 2 is 1.69 bits per heavy atom. The van der Waals surface area contributed by atoms with Crippen LogP contribution in [0.15, 0.2) is 71.4 Å². The molecular weight excluding hydrogens is 384 g/mol. The SMILES string of the molecule is C=C1C=C2CCC3C4CC=C(C)C4(C)CCC3C2(C)CC1.C=CC.CC1=C(C)CCC=C1. The van der Waals surface area contributed by atoms with Gasteiger partial charge in [0, 0.05) is 0 Å². The summed E-state index contributed by atoms with van der Waals surface area (Å²) in [4.78, 5) is 0. The van der Waals surface area contributed by atoms with Gasteiger partial charge in [0.25, 0.3) is 0 Å². The van der Waals surface area contributed by atoms with Gasteiger partial charge in [-0.25, -0.2) is 0 Å². The van der Waals surface area contributed by atoms with Crippen LogP contribution in [0.1, 0.15) is 99.3 Å². The molecule has 0 spiro atoms. The third-order valence-electron chi connectivity index (χ3n) is 9.78. The fourth-order valence-electron chi connectivity index (χ4n) is 7.33. The van der Waals surface area contributed by atoms with E-state index in [1.54, 1.807) is 22.8 Å². The molecule has 0 aliphatic heterocycles. The van der Waals surface area contributed by atoms with Crippen LogP contribution in [0.2, 0.25) is 0 Å². The zero-order valence-corrected chi connectivity index (χ0v) is 21.9. The van der Waals surface area contributed by atoms with Gasteiger partial charge in [-0.1, -0.05) is 78.7 Å². The van der Waals surface area contributed by atoms with Crippen LogP contribution in [0.25, 0.3) is 0 Å². The van der Waals surface area contributed by atoms with Crippen molar-refractivity contribution in [2.24, 2.45) is 28.6 Å². The van der Waals surface area contributed by atoms with Crippen LogP contribution in [0.3, 0.4) is 0 Å². The van der Waals surface area contributed by atoms with E-state index >= 15 is 0 Å². The lowest BCUT2D eigenvalue weighted by Gasteiger charge is -2.58. The highest BCUT2D eigenvalue weighted by Gasteiger charge is 2.55. The van der Waals surface area contributed by atoms with Crippen molar-refractivity contribution in [1.82, 2.24) is 0 Å². The van der Waals surface area contributed by atoms with Crippen LogP contribution in [0.4, 0.5) is 0 Å². The van der Waals surface area contributed by atoms with E-state index in [4.69, 9.17) is 0 Å². The molecule has 0 aromatic rings. The molecule has 0 nitrogen and oxygen atoms in total.